The first-order valence-corrected chi connectivity index (χ1v) is 6.40. The molecule has 1 rings (SSSR count). The number of ether oxygens (including phenoxy) is 1. The molecular formula is C13H18BrNO2. The minimum Gasteiger partial charge on any atom is -0.468 e. The van der Waals surface area contributed by atoms with E-state index in [-0.39, 0.29) is 5.97 Å². The van der Waals surface area contributed by atoms with E-state index in [0.717, 1.165) is 16.6 Å². The second-order valence-electron chi connectivity index (χ2n) is 4.31. The normalized spacial score (nSPS) is 12.5. The maximum absolute atomic E-state index is 11.7. The molecule has 0 aliphatic heterocycles. The molecule has 0 aromatic heterocycles. The van der Waals surface area contributed by atoms with Gasteiger partial charge in [-0.05, 0) is 30.2 Å². The Morgan fingerprint density at radius 1 is 1.47 bits per heavy atom. The van der Waals surface area contributed by atoms with Gasteiger partial charge in [0.2, 0.25) is 0 Å². The van der Waals surface area contributed by atoms with E-state index in [1.54, 1.807) is 0 Å². The molecule has 0 spiro atoms. The topological polar surface area (TPSA) is 38.3 Å². The van der Waals surface area contributed by atoms with Crippen LogP contribution >= 0.6 is 15.9 Å². The summed E-state index contributed by atoms with van der Waals surface area (Å²) in [7, 11) is 1.41. The molecule has 0 amide bonds. The first-order valence-electron chi connectivity index (χ1n) is 5.61. The van der Waals surface area contributed by atoms with Crippen LogP contribution in [0.5, 0.6) is 0 Å². The van der Waals surface area contributed by atoms with Crippen LogP contribution in [0.1, 0.15) is 25.5 Å². The number of methoxy groups -OCH3 is 1. The Morgan fingerprint density at radius 2 is 2.18 bits per heavy atom. The van der Waals surface area contributed by atoms with Crippen molar-refractivity contribution in [3.63, 3.8) is 0 Å². The fraction of sp³-hybridized carbons (Fsp3) is 0.462. The van der Waals surface area contributed by atoms with E-state index in [4.69, 9.17) is 4.74 Å². The average molecular weight is 300 g/mol. The quantitative estimate of drug-likeness (QED) is 0.850. The second kappa shape index (κ2) is 6.77. The molecule has 0 aliphatic carbocycles. The summed E-state index contributed by atoms with van der Waals surface area (Å²) < 4.78 is 5.78. The number of nitrogens with one attached hydrogen (secondary N) is 1. The first kappa shape index (κ1) is 14.2. The van der Waals surface area contributed by atoms with Crippen LogP contribution in [0.25, 0.3) is 0 Å². The van der Waals surface area contributed by atoms with Gasteiger partial charge in [-0.3, -0.25) is 0 Å². The standard InChI is InChI=1S/C13H18BrNO2/c1-9(2)8-15-12(13(16)17-3)10-5-4-6-11(14)7-10/h4-7,9,12,15H,8H2,1-3H3. The van der Waals surface area contributed by atoms with E-state index in [1.807, 2.05) is 24.3 Å². The molecule has 1 aromatic carbocycles. The van der Waals surface area contributed by atoms with Gasteiger partial charge in [-0.1, -0.05) is 41.9 Å². The van der Waals surface area contributed by atoms with Crippen molar-refractivity contribution in [3.05, 3.63) is 34.3 Å². The average Bonchev–Trinajstić information content (AvgIpc) is 2.28. The molecular weight excluding hydrogens is 282 g/mol. The van der Waals surface area contributed by atoms with Gasteiger partial charge >= 0.3 is 5.97 Å². The highest BCUT2D eigenvalue weighted by Gasteiger charge is 2.21. The number of hydrogen-bond acceptors (Lipinski definition) is 3. The molecule has 1 unspecified atom stereocenters. The lowest BCUT2D eigenvalue weighted by Crippen LogP contribution is -2.32. The minimum absolute atomic E-state index is 0.260. The summed E-state index contributed by atoms with van der Waals surface area (Å²) in [6.45, 7) is 4.97. The highest BCUT2D eigenvalue weighted by Crippen LogP contribution is 2.19. The van der Waals surface area contributed by atoms with Crippen LogP contribution < -0.4 is 5.32 Å². The Labute approximate surface area is 111 Å². The predicted molar refractivity (Wildman–Crippen MR) is 71.7 cm³/mol. The van der Waals surface area contributed by atoms with Crippen molar-refractivity contribution >= 4 is 21.9 Å². The Hall–Kier alpha value is -0.870. The van der Waals surface area contributed by atoms with Crippen LogP contribution in [0.15, 0.2) is 28.7 Å². The zero-order valence-corrected chi connectivity index (χ0v) is 12.0. The van der Waals surface area contributed by atoms with Crippen molar-refractivity contribution in [2.75, 3.05) is 13.7 Å². The van der Waals surface area contributed by atoms with E-state index >= 15 is 0 Å². The zero-order chi connectivity index (χ0) is 12.8. The number of halogens is 1. The smallest absolute Gasteiger partial charge is 0.327 e. The highest BCUT2D eigenvalue weighted by atomic mass is 79.9. The van der Waals surface area contributed by atoms with Crippen molar-refractivity contribution in [3.8, 4) is 0 Å². The summed E-state index contributed by atoms with van der Waals surface area (Å²) in [5.41, 5.74) is 0.909. The van der Waals surface area contributed by atoms with Gasteiger partial charge in [0, 0.05) is 4.47 Å². The van der Waals surface area contributed by atoms with Crippen molar-refractivity contribution < 1.29 is 9.53 Å². The monoisotopic (exact) mass is 299 g/mol. The third-order valence-corrected chi connectivity index (χ3v) is 2.84. The van der Waals surface area contributed by atoms with Crippen molar-refractivity contribution in [1.82, 2.24) is 5.32 Å². The molecule has 1 aromatic rings. The molecule has 1 N–H and O–H groups in total. The van der Waals surface area contributed by atoms with Gasteiger partial charge in [-0.2, -0.15) is 0 Å². The number of benzene rings is 1. The Balaban J connectivity index is 2.86. The predicted octanol–water partition coefficient (Wildman–Crippen LogP) is 2.91. The third kappa shape index (κ3) is 4.48. The van der Waals surface area contributed by atoms with E-state index in [9.17, 15) is 4.79 Å². The molecule has 3 nitrogen and oxygen atoms in total. The van der Waals surface area contributed by atoms with Crippen LogP contribution in [-0.4, -0.2) is 19.6 Å². The van der Waals surface area contributed by atoms with Gasteiger partial charge in [-0.25, -0.2) is 4.79 Å². The Kier molecular flexibility index (Phi) is 5.65. The molecule has 4 heteroatoms. The molecule has 94 valence electrons. The number of rotatable bonds is 5. The largest absolute Gasteiger partial charge is 0.468 e. The van der Waals surface area contributed by atoms with Crippen LogP contribution in [0.3, 0.4) is 0 Å². The number of esters is 1. The van der Waals surface area contributed by atoms with Gasteiger partial charge in [0.15, 0.2) is 0 Å². The van der Waals surface area contributed by atoms with Crippen LogP contribution in [-0.2, 0) is 9.53 Å². The number of carbonyl (C=O) groups is 1. The molecule has 17 heavy (non-hydrogen) atoms. The van der Waals surface area contributed by atoms with Gasteiger partial charge in [0.05, 0.1) is 7.11 Å². The molecule has 0 fully saturated rings. The molecule has 0 radical (unpaired) electrons. The van der Waals surface area contributed by atoms with Gasteiger partial charge in [0.1, 0.15) is 6.04 Å². The van der Waals surface area contributed by atoms with Crippen molar-refractivity contribution in [1.29, 1.82) is 0 Å². The Morgan fingerprint density at radius 3 is 2.71 bits per heavy atom. The lowest BCUT2D eigenvalue weighted by atomic mass is 10.1. The van der Waals surface area contributed by atoms with Gasteiger partial charge in [-0.15, -0.1) is 0 Å². The summed E-state index contributed by atoms with van der Waals surface area (Å²) in [5, 5.41) is 3.22. The first-order chi connectivity index (χ1) is 8.04. The summed E-state index contributed by atoms with van der Waals surface area (Å²) in [4.78, 5) is 11.7. The molecule has 0 bridgehead atoms. The Bertz CT molecular complexity index is 379. The third-order valence-electron chi connectivity index (χ3n) is 2.35. The van der Waals surface area contributed by atoms with E-state index in [0.29, 0.717) is 5.92 Å². The van der Waals surface area contributed by atoms with Crippen molar-refractivity contribution in [2.24, 2.45) is 5.92 Å². The second-order valence-corrected chi connectivity index (χ2v) is 5.23. The van der Waals surface area contributed by atoms with Gasteiger partial charge < -0.3 is 10.1 Å². The highest BCUT2D eigenvalue weighted by molar-refractivity contribution is 9.10. The fourth-order valence-corrected chi connectivity index (χ4v) is 1.91. The number of carbonyl (C=O) groups excluding carboxylic acids is 1. The maximum atomic E-state index is 11.7. The summed E-state index contributed by atoms with van der Waals surface area (Å²) in [5.74, 6) is 0.220. The fourth-order valence-electron chi connectivity index (χ4n) is 1.49. The number of hydrogen-bond donors (Lipinski definition) is 1. The summed E-state index contributed by atoms with van der Waals surface area (Å²) >= 11 is 3.40. The van der Waals surface area contributed by atoms with Gasteiger partial charge in [0.25, 0.3) is 0 Å². The van der Waals surface area contributed by atoms with Crippen LogP contribution in [0.4, 0.5) is 0 Å². The van der Waals surface area contributed by atoms with E-state index in [1.165, 1.54) is 7.11 Å². The maximum Gasteiger partial charge on any atom is 0.327 e. The molecule has 0 saturated heterocycles. The lowest BCUT2D eigenvalue weighted by molar-refractivity contribution is -0.143. The van der Waals surface area contributed by atoms with E-state index < -0.39 is 6.04 Å². The molecule has 1 atom stereocenters. The zero-order valence-electron chi connectivity index (χ0n) is 10.4. The summed E-state index contributed by atoms with van der Waals surface area (Å²) in [6, 6.07) is 7.28. The molecule has 0 aliphatic rings. The SMILES string of the molecule is COC(=O)C(NCC(C)C)c1cccc(Br)c1. The van der Waals surface area contributed by atoms with E-state index in [2.05, 4.69) is 35.1 Å². The lowest BCUT2D eigenvalue weighted by Gasteiger charge is -2.18. The minimum atomic E-state index is -0.403. The van der Waals surface area contributed by atoms with Crippen molar-refractivity contribution in [2.45, 2.75) is 19.9 Å². The van der Waals surface area contributed by atoms with Crippen LogP contribution in [0, 0.1) is 5.92 Å². The van der Waals surface area contributed by atoms with Crippen LogP contribution in [0.2, 0.25) is 0 Å². The molecule has 0 saturated carbocycles. The summed E-state index contributed by atoms with van der Waals surface area (Å²) in [6.07, 6.45) is 0. The molecule has 0 heterocycles.